The molecule has 0 atom stereocenters. The van der Waals surface area contributed by atoms with Crippen molar-refractivity contribution in [3.8, 4) is 11.6 Å². The molecular weight excluding hydrogens is 298 g/mol. The Kier molecular flexibility index (Phi) is 2.45. The van der Waals surface area contributed by atoms with E-state index in [1.165, 1.54) is 0 Å². The molecule has 18 heavy (non-hydrogen) atoms. The average molecular weight is 310 g/mol. The van der Waals surface area contributed by atoms with Crippen LogP contribution in [0, 0.1) is 13.8 Å². The lowest BCUT2D eigenvalue weighted by molar-refractivity contribution is 0.112. The molecule has 0 amide bonds. The van der Waals surface area contributed by atoms with Crippen LogP contribution < -0.4 is 0 Å². The van der Waals surface area contributed by atoms with Crippen molar-refractivity contribution in [3.05, 3.63) is 22.7 Å². The zero-order valence-electron chi connectivity index (χ0n) is 10.1. The molecule has 1 N–H and O–H groups in total. The van der Waals surface area contributed by atoms with Crippen LogP contribution >= 0.6 is 15.9 Å². The van der Waals surface area contributed by atoms with Crippen molar-refractivity contribution in [1.82, 2.24) is 15.2 Å². The number of carbonyl (C=O) groups excluding carboxylic acids is 1. The van der Waals surface area contributed by atoms with Gasteiger partial charge in [-0.2, -0.15) is 0 Å². The number of nitrogens with zero attached hydrogens (tertiary/aromatic N) is 2. The summed E-state index contributed by atoms with van der Waals surface area (Å²) in [4.78, 5) is 14.1. The highest BCUT2D eigenvalue weighted by atomic mass is 79.9. The number of H-pyrrole nitrogens is 1. The fourth-order valence-corrected chi connectivity index (χ4v) is 2.34. The van der Waals surface area contributed by atoms with Gasteiger partial charge in [0, 0.05) is 11.3 Å². The van der Waals surface area contributed by atoms with Crippen LogP contribution in [0.25, 0.3) is 11.6 Å². The average Bonchev–Trinajstić information content (AvgIpc) is 2.81. The molecule has 0 aromatic carbocycles. The maximum absolute atomic E-state index is 11.0. The van der Waals surface area contributed by atoms with E-state index in [2.05, 4.69) is 31.1 Å². The van der Waals surface area contributed by atoms with Crippen molar-refractivity contribution < 1.29 is 9.21 Å². The third-order valence-electron chi connectivity index (χ3n) is 3.32. The van der Waals surface area contributed by atoms with Crippen molar-refractivity contribution >= 4 is 22.2 Å². The third-order valence-corrected chi connectivity index (χ3v) is 4.46. The summed E-state index contributed by atoms with van der Waals surface area (Å²) in [6.45, 7) is 3.72. The second kappa shape index (κ2) is 3.78. The Labute approximate surface area is 112 Å². The molecule has 3 rings (SSSR count). The molecule has 0 spiro atoms. The second-order valence-corrected chi connectivity index (χ2v) is 6.18. The Bertz CT molecular complexity index is 625. The molecule has 2 aromatic rings. The number of aldehydes is 1. The monoisotopic (exact) mass is 309 g/mol. The van der Waals surface area contributed by atoms with E-state index in [0.717, 1.165) is 36.1 Å². The highest BCUT2D eigenvalue weighted by molar-refractivity contribution is 9.09. The van der Waals surface area contributed by atoms with E-state index in [1.807, 2.05) is 13.8 Å². The number of aryl methyl sites for hydroxylation is 1. The lowest BCUT2D eigenvalue weighted by atomic mass is 10.1. The molecule has 6 heteroatoms. The molecule has 0 bridgehead atoms. The first-order chi connectivity index (χ1) is 8.55. The summed E-state index contributed by atoms with van der Waals surface area (Å²) in [5.74, 6) is 1.04. The van der Waals surface area contributed by atoms with E-state index in [1.54, 1.807) is 0 Å². The molecule has 0 radical (unpaired) electrons. The van der Waals surface area contributed by atoms with Gasteiger partial charge in [-0.25, -0.2) is 0 Å². The van der Waals surface area contributed by atoms with E-state index < -0.39 is 0 Å². The fraction of sp³-hybridized carbons (Fsp3) is 0.417. The summed E-state index contributed by atoms with van der Waals surface area (Å²) in [7, 11) is 0. The number of halogens is 1. The first-order valence-corrected chi connectivity index (χ1v) is 6.52. The molecule has 1 saturated carbocycles. The van der Waals surface area contributed by atoms with E-state index in [9.17, 15) is 4.79 Å². The van der Waals surface area contributed by atoms with Gasteiger partial charge in [0.05, 0.1) is 0 Å². The van der Waals surface area contributed by atoms with Crippen molar-refractivity contribution in [2.75, 3.05) is 0 Å². The fourth-order valence-electron chi connectivity index (χ4n) is 1.98. The van der Waals surface area contributed by atoms with E-state index >= 15 is 0 Å². The molecule has 0 saturated heterocycles. The maximum Gasteiger partial charge on any atom is 0.264 e. The largest absolute Gasteiger partial charge is 0.418 e. The zero-order chi connectivity index (χ0) is 12.9. The number of aromatic nitrogens is 3. The maximum atomic E-state index is 11.0. The highest BCUT2D eigenvalue weighted by Crippen LogP contribution is 2.53. The summed E-state index contributed by atoms with van der Waals surface area (Å²) < 4.78 is 5.55. The van der Waals surface area contributed by atoms with Crippen LogP contribution in [0.15, 0.2) is 4.42 Å². The summed E-state index contributed by atoms with van der Waals surface area (Å²) in [6.07, 6.45) is 2.86. The summed E-state index contributed by atoms with van der Waals surface area (Å²) in [5.41, 5.74) is 3.05. The molecule has 2 aromatic heterocycles. The number of hydrogen-bond acceptors (Lipinski definition) is 4. The van der Waals surface area contributed by atoms with Crippen molar-refractivity contribution in [3.63, 3.8) is 0 Å². The number of carbonyl (C=O) groups is 1. The summed E-state index contributed by atoms with van der Waals surface area (Å²) in [6, 6.07) is 0. The normalized spacial score (nSPS) is 16.8. The number of alkyl halides is 1. The van der Waals surface area contributed by atoms with E-state index in [-0.39, 0.29) is 4.32 Å². The molecule has 2 heterocycles. The van der Waals surface area contributed by atoms with Crippen LogP contribution in [0.2, 0.25) is 0 Å². The van der Waals surface area contributed by atoms with Crippen LogP contribution in [0.5, 0.6) is 0 Å². The summed E-state index contributed by atoms with van der Waals surface area (Å²) in [5, 5.41) is 8.11. The molecule has 1 aliphatic rings. The lowest BCUT2D eigenvalue weighted by Gasteiger charge is -1.97. The Morgan fingerprint density at radius 3 is 2.67 bits per heavy atom. The van der Waals surface area contributed by atoms with Crippen LogP contribution in [0.1, 0.15) is 40.3 Å². The van der Waals surface area contributed by atoms with Gasteiger partial charge >= 0.3 is 0 Å². The minimum atomic E-state index is -0.124. The first-order valence-electron chi connectivity index (χ1n) is 5.73. The third kappa shape index (κ3) is 1.63. The molecule has 94 valence electrons. The highest BCUT2D eigenvalue weighted by Gasteiger charge is 2.47. The number of nitrogens with one attached hydrogen (secondary N) is 1. The smallest absolute Gasteiger partial charge is 0.264 e. The number of aromatic amines is 1. The Balaban J connectivity index is 2.05. The molecule has 0 unspecified atom stereocenters. The van der Waals surface area contributed by atoms with Gasteiger partial charge in [0.15, 0.2) is 6.29 Å². The van der Waals surface area contributed by atoms with E-state index in [0.29, 0.717) is 17.3 Å². The SMILES string of the molecule is Cc1[nH]c(-c2nnc(C3(Br)CC3)o2)c(C)c1C=O. The minimum Gasteiger partial charge on any atom is -0.418 e. The van der Waals surface area contributed by atoms with Gasteiger partial charge in [-0.15, -0.1) is 10.2 Å². The standard InChI is InChI=1S/C12H12BrN3O2/c1-6-8(5-17)7(2)14-9(6)10-15-16-11(18-10)12(13)3-4-12/h5,14H,3-4H2,1-2H3. The van der Waals surface area contributed by atoms with Gasteiger partial charge in [-0.3, -0.25) is 4.79 Å². The molecular formula is C12H12BrN3O2. The predicted octanol–water partition coefficient (Wildman–Crippen LogP) is 2.88. The van der Waals surface area contributed by atoms with Crippen LogP contribution in [0.3, 0.4) is 0 Å². The first kappa shape index (κ1) is 11.6. The Hall–Kier alpha value is -1.43. The van der Waals surface area contributed by atoms with Crippen LogP contribution in [0.4, 0.5) is 0 Å². The second-order valence-electron chi connectivity index (χ2n) is 4.66. The number of rotatable bonds is 3. The Morgan fingerprint density at radius 1 is 1.39 bits per heavy atom. The molecule has 0 aliphatic heterocycles. The van der Waals surface area contributed by atoms with Gasteiger partial charge < -0.3 is 9.40 Å². The zero-order valence-corrected chi connectivity index (χ0v) is 11.7. The summed E-state index contributed by atoms with van der Waals surface area (Å²) >= 11 is 3.57. The van der Waals surface area contributed by atoms with Crippen molar-refractivity contribution in [2.24, 2.45) is 0 Å². The Morgan fingerprint density at radius 2 is 2.11 bits per heavy atom. The van der Waals surface area contributed by atoms with Crippen LogP contribution in [-0.4, -0.2) is 21.5 Å². The molecule has 1 aliphatic carbocycles. The van der Waals surface area contributed by atoms with Gasteiger partial charge in [-0.05, 0) is 32.3 Å². The van der Waals surface area contributed by atoms with Gasteiger partial charge in [-0.1, -0.05) is 15.9 Å². The van der Waals surface area contributed by atoms with Gasteiger partial charge in [0.25, 0.3) is 5.89 Å². The van der Waals surface area contributed by atoms with Crippen LogP contribution in [-0.2, 0) is 4.32 Å². The van der Waals surface area contributed by atoms with E-state index in [4.69, 9.17) is 4.42 Å². The van der Waals surface area contributed by atoms with Crippen molar-refractivity contribution in [1.29, 1.82) is 0 Å². The van der Waals surface area contributed by atoms with Crippen molar-refractivity contribution in [2.45, 2.75) is 31.0 Å². The molecule has 1 fully saturated rings. The number of hydrogen-bond donors (Lipinski definition) is 1. The molecule has 5 nitrogen and oxygen atoms in total. The topological polar surface area (TPSA) is 71.8 Å². The predicted molar refractivity (Wildman–Crippen MR) is 68.8 cm³/mol. The lowest BCUT2D eigenvalue weighted by Crippen LogP contribution is -1.94. The quantitative estimate of drug-likeness (QED) is 0.699. The van der Waals surface area contributed by atoms with Gasteiger partial charge in [0.2, 0.25) is 5.89 Å². The minimum absolute atomic E-state index is 0.124. The van der Waals surface area contributed by atoms with Gasteiger partial charge in [0.1, 0.15) is 10.0 Å².